The van der Waals surface area contributed by atoms with E-state index in [-0.39, 0.29) is 0 Å². The molecule has 0 aliphatic heterocycles. The molecular formula is C21H30N2. The first-order chi connectivity index (χ1) is 11.1. The summed E-state index contributed by atoms with van der Waals surface area (Å²) in [6.45, 7) is 8.82. The fourth-order valence-corrected chi connectivity index (χ4v) is 2.45. The van der Waals surface area contributed by atoms with E-state index in [9.17, 15) is 0 Å². The number of anilines is 2. The van der Waals surface area contributed by atoms with Crippen molar-refractivity contribution in [3.63, 3.8) is 0 Å². The third-order valence-corrected chi connectivity index (χ3v) is 4.37. The summed E-state index contributed by atoms with van der Waals surface area (Å²) in [5.41, 5.74) is 5.11. The first kappa shape index (κ1) is 17.4. The van der Waals surface area contributed by atoms with Gasteiger partial charge in [0.15, 0.2) is 0 Å². The van der Waals surface area contributed by atoms with Crippen LogP contribution >= 0.6 is 0 Å². The maximum atomic E-state index is 3.51. The highest BCUT2D eigenvalue weighted by atomic mass is 14.9. The van der Waals surface area contributed by atoms with Gasteiger partial charge < -0.3 is 10.6 Å². The largest absolute Gasteiger partial charge is 0.383 e. The van der Waals surface area contributed by atoms with E-state index in [2.05, 4.69) is 86.9 Å². The molecule has 2 aromatic carbocycles. The number of hydrogen-bond donors (Lipinski definition) is 2. The zero-order chi connectivity index (χ0) is 16.7. The van der Waals surface area contributed by atoms with Gasteiger partial charge in [0, 0.05) is 23.5 Å². The molecule has 0 amide bonds. The molecule has 0 saturated heterocycles. The van der Waals surface area contributed by atoms with Crippen LogP contribution in [0.4, 0.5) is 11.4 Å². The summed E-state index contributed by atoms with van der Waals surface area (Å²) in [7, 11) is 0. The lowest BCUT2D eigenvalue weighted by Gasteiger charge is -2.14. The second-order valence-corrected chi connectivity index (χ2v) is 6.48. The van der Waals surface area contributed by atoms with Crippen LogP contribution in [0.15, 0.2) is 48.5 Å². The molecule has 2 nitrogen and oxygen atoms in total. The van der Waals surface area contributed by atoms with Crippen molar-refractivity contribution in [1.82, 2.24) is 0 Å². The lowest BCUT2D eigenvalue weighted by atomic mass is 10.0. The summed E-state index contributed by atoms with van der Waals surface area (Å²) >= 11 is 0. The molecule has 0 aliphatic rings. The van der Waals surface area contributed by atoms with E-state index in [1.807, 2.05) is 0 Å². The van der Waals surface area contributed by atoms with Gasteiger partial charge in [0.2, 0.25) is 0 Å². The van der Waals surface area contributed by atoms with Crippen LogP contribution in [0, 0.1) is 0 Å². The molecule has 2 atom stereocenters. The van der Waals surface area contributed by atoms with Crippen molar-refractivity contribution in [3.05, 3.63) is 59.7 Å². The van der Waals surface area contributed by atoms with E-state index in [4.69, 9.17) is 0 Å². The summed E-state index contributed by atoms with van der Waals surface area (Å²) in [6.07, 6.45) is 3.25. The Morgan fingerprint density at radius 3 is 1.30 bits per heavy atom. The van der Waals surface area contributed by atoms with Crippen molar-refractivity contribution in [2.45, 2.75) is 59.0 Å². The molecule has 2 N–H and O–H groups in total. The highest BCUT2D eigenvalue weighted by Crippen LogP contribution is 2.17. The summed E-state index contributed by atoms with van der Waals surface area (Å²) in [5.74, 6) is 0. The Balaban J connectivity index is 1.94. The third-order valence-electron chi connectivity index (χ3n) is 4.37. The van der Waals surface area contributed by atoms with Crippen LogP contribution in [0.5, 0.6) is 0 Å². The Bertz CT molecular complexity index is 518. The predicted octanol–water partition coefficient (Wildman–Crippen LogP) is 5.70. The maximum Gasteiger partial charge on any atom is 0.0342 e. The molecule has 0 bridgehead atoms. The zero-order valence-corrected chi connectivity index (χ0v) is 14.9. The Hall–Kier alpha value is -1.96. The zero-order valence-electron chi connectivity index (χ0n) is 14.9. The number of hydrogen-bond acceptors (Lipinski definition) is 2. The topological polar surface area (TPSA) is 24.1 Å². The summed E-state index contributed by atoms with van der Waals surface area (Å²) in [6, 6.07) is 18.6. The second-order valence-electron chi connectivity index (χ2n) is 6.48. The Kier molecular flexibility index (Phi) is 6.52. The third kappa shape index (κ3) is 5.63. The summed E-state index contributed by atoms with van der Waals surface area (Å²) in [4.78, 5) is 0. The van der Waals surface area contributed by atoms with Crippen LogP contribution in [0.3, 0.4) is 0 Å². The Morgan fingerprint density at radius 1 is 0.652 bits per heavy atom. The summed E-state index contributed by atoms with van der Waals surface area (Å²) in [5, 5.41) is 7.01. The maximum absolute atomic E-state index is 3.51. The smallest absolute Gasteiger partial charge is 0.0342 e. The van der Waals surface area contributed by atoms with Crippen LogP contribution in [-0.2, 0) is 6.42 Å². The van der Waals surface area contributed by atoms with Crippen LogP contribution in [0.1, 0.15) is 51.7 Å². The number of benzene rings is 2. The molecule has 0 aromatic heterocycles. The van der Waals surface area contributed by atoms with Crippen molar-refractivity contribution in [2.24, 2.45) is 0 Å². The number of nitrogens with one attached hydrogen (secondary N) is 2. The monoisotopic (exact) mass is 310 g/mol. The highest BCUT2D eigenvalue weighted by Gasteiger charge is 2.02. The van der Waals surface area contributed by atoms with Crippen molar-refractivity contribution in [3.8, 4) is 0 Å². The first-order valence-electron chi connectivity index (χ1n) is 8.81. The van der Waals surface area contributed by atoms with Crippen molar-refractivity contribution >= 4 is 11.4 Å². The molecule has 0 spiro atoms. The Labute approximate surface area is 141 Å². The molecule has 0 aliphatic carbocycles. The molecule has 2 heteroatoms. The molecule has 0 fully saturated rings. The van der Waals surface area contributed by atoms with Crippen LogP contribution in [0.25, 0.3) is 0 Å². The second kappa shape index (κ2) is 8.61. The van der Waals surface area contributed by atoms with E-state index >= 15 is 0 Å². The van der Waals surface area contributed by atoms with Gasteiger partial charge >= 0.3 is 0 Å². The molecule has 23 heavy (non-hydrogen) atoms. The normalized spacial score (nSPS) is 13.4. The fourth-order valence-electron chi connectivity index (χ4n) is 2.45. The molecular weight excluding hydrogens is 280 g/mol. The number of rotatable bonds is 8. The van der Waals surface area contributed by atoms with E-state index in [1.54, 1.807) is 0 Å². The lowest BCUT2D eigenvalue weighted by molar-refractivity contribution is 0.764. The van der Waals surface area contributed by atoms with Crippen molar-refractivity contribution in [2.75, 3.05) is 10.6 Å². The average Bonchev–Trinajstić information content (AvgIpc) is 2.58. The quantitative estimate of drug-likeness (QED) is 0.653. The minimum atomic E-state index is 0.520. The van der Waals surface area contributed by atoms with Gasteiger partial charge in [-0.3, -0.25) is 0 Å². The molecule has 2 rings (SSSR count). The van der Waals surface area contributed by atoms with Crippen LogP contribution in [0.2, 0.25) is 0 Å². The first-order valence-corrected chi connectivity index (χ1v) is 8.81. The van der Waals surface area contributed by atoms with Gasteiger partial charge in [-0.15, -0.1) is 0 Å². The van der Waals surface area contributed by atoms with Gasteiger partial charge in [-0.2, -0.15) is 0 Å². The molecule has 0 unspecified atom stereocenters. The molecule has 0 heterocycles. The fraction of sp³-hybridized carbons (Fsp3) is 0.429. The highest BCUT2D eigenvalue weighted by molar-refractivity contribution is 5.48. The average molecular weight is 310 g/mol. The minimum Gasteiger partial charge on any atom is -0.383 e. The van der Waals surface area contributed by atoms with E-state index in [0.29, 0.717) is 12.1 Å². The van der Waals surface area contributed by atoms with E-state index in [0.717, 1.165) is 19.3 Å². The van der Waals surface area contributed by atoms with E-state index in [1.165, 1.54) is 22.5 Å². The van der Waals surface area contributed by atoms with Gasteiger partial charge in [-0.25, -0.2) is 0 Å². The van der Waals surface area contributed by atoms with Gasteiger partial charge in [0.05, 0.1) is 0 Å². The Morgan fingerprint density at radius 2 is 1.00 bits per heavy atom. The van der Waals surface area contributed by atoms with Gasteiger partial charge in [-0.1, -0.05) is 38.1 Å². The predicted molar refractivity (Wildman–Crippen MR) is 102 cm³/mol. The van der Waals surface area contributed by atoms with Crippen LogP contribution < -0.4 is 10.6 Å². The van der Waals surface area contributed by atoms with Gasteiger partial charge in [0.25, 0.3) is 0 Å². The lowest BCUT2D eigenvalue weighted by Crippen LogP contribution is -2.13. The molecule has 0 saturated carbocycles. The summed E-state index contributed by atoms with van der Waals surface area (Å²) < 4.78 is 0. The molecule has 2 aromatic rings. The standard InChI is InChI=1S/C21H30N2/c1-5-16(3)22-20-11-7-18(8-12-20)15-19-9-13-21(14-10-19)23-17(4)6-2/h7-14,16-17,22-23H,5-6,15H2,1-4H3/t16-,17-/m1/s1. The minimum absolute atomic E-state index is 0.520. The van der Waals surface area contributed by atoms with E-state index < -0.39 is 0 Å². The molecule has 0 radical (unpaired) electrons. The van der Waals surface area contributed by atoms with Crippen molar-refractivity contribution in [1.29, 1.82) is 0 Å². The van der Waals surface area contributed by atoms with Crippen molar-refractivity contribution < 1.29 is 0 Å². The van der Waals surface area contributed by atoms with Crippen LogP contribution in [-0.4, -0.2) is 12.1 Å². The SMILES string of the molecule is CC[C@@H](C)Nc1ccc(Cc2ccc(N[C@H](C)CC)cc2)cc1. The van der Waals surface area contributed by atoms with Gasteiger partial charge in [-0.05, 0) is 68.5 Å². The van der Waals surface area contributed by atoms with Gasteiger partial charge in [0.1, 0.15) is 0 Å². The molecule has 124 valence electrons.